The molecule has 12 N–H and O–H groups in total. The van der Waals surface area contributed by atoms with E-state index in [9.17, 15) is 66.1 Å². The van der Waals surface area contributed by atoms with Crippen molar-refractivity contribution in [1.29, 1.82) is 0 Å². The summed E-state index contributed by atoms with van der Waals surface area (Å²) in [5.41, 5.74) is -1.70. The van der Waals surface area contributed by atoms with Crippen LogP contribution in [0.2, 0.25) is 0 Å². The number of allylic oxidation sites excluding steroid dienone is 2. The normalized spacial score (nSPS) is 49.9. The Balaban J connectivity index is 1.10. The molecule has 0 spiro atoms. The molecule has 0 aromatic rings. The molecule has 0 aromatic heterocycles. The zero-order valence-electron chi connectivity index (χ0n) is 40.2. The highest BCUT2D eigenvalue weighted by atomic mass is 16.8. The number of carbonyl (C=O) groups excluding carboxylic acids is 1. The van der Waals surface area contributed by atoms with Gasteiger partial charge in [-0.05, 0) is 107 Å². The zero-order chi connectivity index (χ0) is 49.5. The number of aliphatic hydroxyl groups excluding tert-OH is 11. The van der Waals surface area contributed by atoms with Gasteiger partial charge >= 0.3 is 0 Å². The van der Waals surface area contributed by atoms with Gasteiger partial charge in [-0.25, -0.2) is 0 Å². The van der Waals surface area contributed by atoms with Gasteiger partial charge in [-0.2, -0.15) is 0 Å². The van der Waals surface area contributed by atoms with Crippen LogP contribution in [-0.4, -0.2) is 197 Å². The molecular weight excluding hydrogens is 881 g/mol. The Hall–Kier alpha value is -1.31. The first-order valence-electron chi connectivity index (χ1n) is 24.4. The van der Waals surface area contributed by atoms with Gasteiger partial charge in [-0.3, -0.25) is 4.79 Å². The first-order valence-corrected chi connectivity index (χ1v) is 24.4. The first-order chi connectivity index (χ1) is 31.2. The van der Waals surface area contributed by atoms with E-state index in [4.69, 9.17) is 28.4 Å². The van der Waals surface area contributed by atoms with Crippen LogP contribution in [0.4, 0.5) is 0 Å². The van der Waals surface area contributed by atoms with Crippen LogP contribution in [0.25, 0.3) is 0 Å². The van der Waals surface area contributed by atoms with Gasteiger partial charge in [0.1, 0.15) is 79.0 Å². The van der Waals surface area contributed by atoms with Crippen LogP contribution in [0.15, 0.2) is 11.6 Å². The molecule has 3 heterocycles. The highest BCUT2D eigenvalue weighted by Crippen LogP contribution is 2.75. The number of fused-ring (bicyclic) bond motifs is 5. The van der Waals surface area contributed by atoms with Crippen LogP contribution in [0.3, 0.4) is 0 Å². The van der Waals surface area contributed by atoms with Crippen LogP contribution >= 0.6 is 0 Å². The number of aliphatic hydroxyl groups is 12. The van der Waals surface area contributed by atoms with Gasteiger partial charge < -0.3 is 89.7 Å². The van der Waals surface area contributed by atoms with E-state index in [1.54, 1.807) is 13.8 Å². The second-order valence-corrected chi connectivity index (χ2v) is 22.8. The van der Waals surface area contributed by atoms with Gasteiger partial charge in [0.05, 0.1) is 37.6 Å². The molecule has 24 atom stereocenters. The van der Waals surface area contributed by atoms with Gasteiger partial charge in [-0.15, -0.1) is 0 Å². The number of carbonyl (C=O) groups is 1. The van der Waals surface area contributed by atoms with Gasteiger partial charge in [0, 0.05) is 17.3 Å². The van der Waals surface area contributed by atoms with E-state index in [2.05, 4.69) is 33.8 Å². The van der Waals surface area contributed by atoms with Crippen molar-refractivity contribution >= 4 is 5.78 Å². The SMILES string of the molecule is C[C@H](CC[C@@H](O[C@@H]1O[C@H](CO[C@@H]2O[C@H](CO)[C@@H](O)[C@H](O)[C@H]2O)[C@@H](O)[C@H](O)[C@H]1O[C@H]1O[C@H](CO)[C@@H](O)[C@H](O)[C@H]1O)C(C)(C)O)[C@H]1CC[C@@]2(C)C3CC=C4[C@@H](CCC(=O)C4(C)C)[C@]3(C)[C@H](O)C[C@]12C. The number of ketones is 1. The van der Waals surface area contributed by atoms with Gasteiger partial charge in [-0.1, -0.05) is 39.3 Å². The Labute approximate surface area is 393 Å². The molecule has 7 rings (SSSR count). The smallest absolute Gasteiger partial charge is 0.187 e. The lowest BCUT2D eigenvalue weighted by atomic mass is 9.38. The molecule has 19 nitrogen and oxygen atoms in total. The molecule has 19 heteroatoms. The minimum atomic E-state index is -1.90. The Bertz CT molecular complexity index is 1750. The van der Waals surface area contributed by atoms with Crippen molar-refractivity contribution in [2.45, 2.75) is 217 Å². The summed E-state index contributed by atoms with van der Waals surface area (Å²) in [4.78, 5) is 13.1. The van der Waals surface area contributed by atoms with E-state index < -0.39 is 141 Å². The number of rotatable bonds is 14. The summed E-state index contributed by atoms with van der Waals surface area (Å²) in [6.07, 6.45) is -19.3. The second kappa shape index (κ2) is 19.6. The molecule has 1 unspecified atom stereocenters. The largest absolute Gasteiger partial charge is 0.394 e. The molecular formula is C48H80O19. The summed E-state index contributed by atoms with van der Waals surface area (Å²) in [7, 11) is 0. The van der Waals surface area contributed by atoms with Crippen molar-refractivity contribution in [3.63, 3.8) is 0 Å². The fourth-order valence-electron chi connectivity index (χ4n) is 13.9. The van der Waals surface area contributed by atoms with Crippen LogP contribution in [0.1, 0.15) is 107 Å². The summed E-state index contributed by atoms with van der Waals surface area (Å²) in [5, 5.41) is 130. The van der Waals surface area contributed by atoms with Crippen LogP contribution in [-0.2, 0) is 33.2 Å². The fraction of sp³-hybridized carbons (Fsp3) is 0.938. The monoisotopic (exact) mass is 961 g/mol. The fourth-order valence-corrected chi connectivity index (χ4v) is 13.9. The first kappa shape index (κ1) is 53.5. The molecule has 0 amide bonds. The third-order valence-corrected chi connectivity index (χ3v) is 18.4. The molecule has 6 fully saturated rings. The third kappa shape index (κ3) is 9.15. The summed E-state index contributed by atoms with van der Waals surface area (Å²) in [5.74, 6) is 0.814. The van der Waals surface area contributed by atoms with E-state index >= 15 is 0 Å². The van der Waals surface area contributed by atoms with E-state index in [0.717, 1.165) is 25.7 Å². The average Bonchev–Trinajstić information content (AvgIpc) is 3.54. The Morgan fingerprint density at radius 1 is 0.731 bits per heavy atom. The highest BCUT2D eigenvalue weighted by molar-refractivity contribution is 5.88. The standard InChI is InChI=1S/C48H80O19/c1-21(22-15-16-46(6)28-12-10-23-24(11-13-29(51)44(23,2)3)48(28,8)30(52)17-47(22,46)7)9-14-31(45(4,5)61)66-43-40(67-42-39(60)36(57)33(54)26(19-50)64-42)37(58)34(55)27(65-43)20-62-41-38(59)35(56)32(53)25(18-49)63-41/h10,21-22,24-28,30-43,49-50,52-61H,9,11-20H2,1-8H3/t21-,22-,24-,25-,26-,27-,28?,30-,31-,32-,33-,34-,35+,36+,37+,38-,39-,40-,41-,42-,43+,46+,47-,48+/m1/s1. The van der Waals surface area contributed by atoms with E-state index in [0.29, 0.717) is 19.3 Å². The quantitative estimate of drug-likeness (QED) is 0.0944. The van der Waals surface area contributed by atoms with Crippen molar-refractivity contribution in [2.75, 3.05) is 19.8 Å². The van der Waals surface area contributed by atoms with Crippen LogP contribution < -0.4 is 0 Å². The Kier molecular flexibility index (Phi) is 15.7. The third-order valence-electron chi connectivity index (χ3n) is 18.4. The lowest BCUT2D eigenvalue weighted by Crippen LogP contribution is -2.65. The summed E-state index contributed by atoms with van der Waals surface area (Å²) < 4.78 is 35.4. The van der Waals surface area contributed by atoms with E-state index in [1.807, 2.05) is 13.8 Å². The van der Waals surface area contributed by atoms with Crippen LogP contribution in [0.5, 0.6) is 0 Å². The maximum Gasteiger partial charge on any atom is 0.187 e. The van der Waals surface area contributed by atoms with Crippen molar-refractivity contribution in [1.82, 2.24) is 0 Å². The van der Waals surface area contributed by atoms with Crippen molar-refractivity contribution in [2.24, 2.45) is 45.3 Å². The molecule has 4 aliphatic carbocycles. The van der Waals surface area contributed by atoms with Crippen molar-refractivity contribution in [3.05, 3.63) is 11.6 Å². The minimum Gasteiger partial charge on any atom is -0.394 e. The lowest BCUT2D eigenvalue weighted by Gasteiger charge is -2.67. The molecule has 0 aromatic carbocycles. The van der Waals surface area contributed by atoms with E-state index in [1.165, 1.54) is 5.57 Å². The molecule has 0 bridgehead atoms. The van der Waals surface area contributed by atoms with Gasteiger partial charge in [0.25, 0.3) is 0 Å². The predicted octanol–water partition coefficient (Wildman–Crippen LogP) is -0.848. The minimum absolute atomic E-state index is 0.0679. The molecule has 0 radical (unpaired) electrons. The van der Waals surface area contributed by atoms with E-state index in [-0.39, 0.29) is 46.7 Å². The van der Waals surface area contributed by atoms with Crippen molar-refractivity contribution in [3.8, 4) is 0 Å². The molecule has 386 valence electrons. The van der Waals surface area contributed by atoms with Gasteiger partial charge in [0.15, 0.2) is 18.9 Å². The zero-order valence-corrected chi connectivity index (χ0v) is 40.2. The molecule has 3 saturated heterocycles. The Morgan fingerprint density at radius 2 is 1.30 bits per heavy atom. The number of Topliss-reactive ketones (excluding diaryl/α,β-unsaturated/α-hetero) is 1. The summed E-state index contributed by atoms with van der Waals surface area (Å²) in [6.45, 7) is 14.2. The van der Waals surface area contributed by atoms with Crippen LogP contribution in [0, 0.1) is 45.3 Å². The number of hydrogen-bond acceptors (Lipinski definition) is 19. The van der Waals surface area contributed by atoms with Crippen molar-refractivity contribution < 1.29 is 94.5 Å². The lowest BCUT2D eigenvalue weighted by molar-refractivity contribution is -0.380. The predicted molar refractivity (Wildman–Crippen MR) is 234 cm³/mol. The maximum absolute atomic E-state index is 13.1. The molecule has 3 saturated carbocycles. The average molecular weight is 961 g/mol. The maximum atomic E-state index is 13.1. The Morgan fingerprint density at radius 3 is 1.90 bits per heavy atom. The molecule has 7 aliphatic rings. The van der Waals surface area contributed by atoms with Gasteiger partial charge in [0.2, 0.25) is 0 Å². The number of hydrogen-bond donors (Lipinski definition) is 12. The molecule has 67 heavy (non-hydrogen) atoms. The second-order valence-electron chi connectivity index (χ2n) is 22.8. The molecule has 3 aliphatic heterocycles. The highest BCUT2D eigenvalue weighted by Gasteiger charge is 2.70. The summed E-state index contributed by atoms with van der Waals surface area (Å²) >= 11 is 0. The topological polar surface area (TPSA) is 315 Å². The summed E-state index contributed by atoms with van der Waals surface area (Å²) in [6, 6.07) is 0. The number of ether oxygens (including phenoxy) is 6.